The fourth-order valence-corrected chi connectivity index (χ4v) is 1.66. The van der Waals surface area contributed by atoms with Gasteiger partial charge in [0.1, 0.15) is 0 Å². The highest BCUT2D eigenvalue weighted by molar-refractivity contribution is 5.84. The molecule has 1 aromatic rings. The predicted octanol–water partition coefficient (Wildman–Crippen LogP) is 1.31. The maximum absolute atomic E-state index is 11.3. The first-order chi connectivity index (χ1) is 6.77. The molecule has 3 heteroatoms. The van der Waals surface area contributed by atoms with Crippen molar-refractivity contribution in [3.63, 3.8) is 0 Å². The van der Waals surface area contributed by atoms with Crippen molar-refractivity contribution >= 4 is 11.5 Å². The van der Waals surface area contributed by atoms with Gasteiger partial charge in [-0.2, -0.15) is 0 Å². The smallest absolute Gasteiger partial charge is 0.155 e. The lowest BCUT2D eigenvalue weighted by Gasteiger charge is -2.36. The van der Waals surface area contributed by atoms with E-state index >= 15 is 0 Å². The lowest BCUT2D eigenvalue weighted by molar-refractivity contribution is -0.120. The standard InChI is InChI=1S/C11H14N2O/c1-12-8-7-11(14)9-13(12)10-5-3-2-4-6-10/h2-6H,7-9H2,1H3. The molecular formula is C11H14N2O. The molecule has 1 fully saturated rings. The summed E-state index contributed by atoms with van der Waals surface area (Å²) in [6, 6.07) is 10.0. The van der Waals surface area contributed by atoms with Gasteiger partial charge in [-0.25, -0.2) is 5.01 Å². The molecule has 74 valence electrons. The molecule has 0 amide bonds. The molecule has 1 saturated heterocycles. The van der Waals surface area contributed by atoms with Crippen LogP contribution in [0.5, 0.6) is 0 Å². The number of Topliss-reactive ketones (excluding diaryl/α,β-unsaturated/α-hetero) is 1. The van der Waals surface area contributed by atoms with Crippen LogP contribution in [-0.2, 0) is 4.79 Å². The fraction of sp³-hybridized carbons (Fsp3) is 0.364. The normalized spacial score (nSPS) is 18.6. The summed E-state index contributed by atoms with van der Waals surface area (Å²) in [5.74, 6) is 0.312. The Morgan fingerprint density at radius 3 is 2.64 bits per heavy atom. The van der Waals surface area contributed by atoms with Gasteiger partial charge in [0.2, 0.25) is 0 Å². The van der Waals surface area contributed by atoms with Crippen molar-refractivity contribution in [1.29, 1.82) is 0 Å². The third-order valence-electron chi connectivity index (χ3n) is 2.51. The van der Waals surface area contributed by atoms with Crippen LogP contribution in [0.25, 0.3) is 0 Å². The minimum absolute atomic E-state index is 0.312. The van der Waals surface area contributed by atoms with E-state index in [1.807, 2.05) is 42.4 Å². The Morgan fingerprint density at radius 2 is 1.93 bits per heavy atom. The van der Waals surface area contributed by atoms with Crippen molar-refractivity contribution in [2.45, 2.75) is 6.42 Å². The van der Waals surface area contributed by atoms with Crippen LogP contribution in [-0.4, -0.2) is 30.9 Å². The largest absolute Gasteiger partial charge is 0.299 e. The highest BCUT2D eigenvalue weighted by Crippen LogP contribution is 2.17. The number of anilines is 1. The van der Waals surface area contributed by atoms with E-state index in [2.05, 4.69) is 5.01 Å². The third-order valence-corrected chi connectivity index (χ3v) is 2.51. The van der Waals surface area contributed by atoms with E-state index in [0.29, 0.717) is 18.7 Å². The van der Waals surface area contributed by atoms with Gasteiger partial charge in [0, 0.05) is 20.0 Å². The van der Waals surface area contributed by atoms with Gasteiger partial charge < -0.3 is 0 Å². The molecule has 0 bridgehead atoms. The number of hydrogen-bond acceptors (Lipinski definition) is 3. The Hall–Kier alpha value is -1.35. The SMILES string of the molecule is CN1CCC(=O)CN1c1ccccc1. The van der Waals surface area contributed by atoms with E-state index in [1.165, 1.54) is 0 Å². The van der Waals surface area contributed by atoms with Gasteiger partial charge in [0.25, 0.3) is 0 Å². The van der Waals surface area contributed by atoms with Crippen LogP contribution >= 0.6 is 0 Å². The average molecular weight is 190 g/mol. The molecule has 0 N–H and O–H groups in total. The number of carbonyl (C=O) groups excluding carboxylic acids is 1. The van der Waals surface area contributed by atoms with Crippen LogP contribution in [0.3, 0.4) is 0 Å². The molecule has 0 aromatic heterocycles. The Morgan fingerprint density at radius 1 is 1.21 bits per heavy atom. The predicted molar refractivity (Wildman–Crippen MR) is 56.0 cm³/mol. The first-order valence-electron chi connectivity index (χ1n) is 4.83. The molecule has 0 radical (unpaired) electrons. The maximum Gasteiger partial charge on any atom is 0.155 e. The molecule has 0 atom stereocenters. The van der Waals surface area contributed by atoms with Crippen molar-refractivity contribution in [1.82, 2.24) is 5.01 Å². The summed E-state index contributed by atoms with van der Waals surface area (Å²) in [4.78, 5) is 11.3. The average Bonchev–Trinajstić information content (AvgIpc) is 2.23. The molecular weight excluding hydrogens is 176 g/mol. The van der Waals surface area contributed by atoms with Gasteiger partial charge in [-0.3, -0.25) is 9.80 Å². The highest BCUT2D eigenvalue weighted by atomic mass is 16.1. The number of hydrazine groups is 1. The summed E-state index contributed by atoms with van der Waals surface area (Å²) in [7, 11) is 2.01. The van der Waals surface area contributed by atoms with Crippen LogP contribution in [0, 0.1) is 0 Å². The van der Waals surface area contributed by atoms with Crippen LogP contribution in [0.15, 0.2) is 30.3 Å². The fourth-order valence-electron chi connectivity index (χ4n) is 1.66. The van der Waals surface area contributed by atoms with E-state index in [0.717, 1.165) is 12.2 Å². The summed E-state index contributed by atoms with van der Waals surface area (Å²) >= 11 is 0. The van der Waals surface area contributed by atoms with Crippen LogP contribution in [0.2, 0.25) is 0 Å². The van der Waals surface area contributed by atoms with Gasteiger partial charge in [-0.05, 0) is 12.1 Å². The minimum atomic E-state index is 0.312. The molecule has 0 aliphatic carbocycles. The molecule has 1 aliphatic heterocycles. The summed E-state index contributed by atoms with van der Waals surface area (Å²) in [6.45, 7) is 1.31. The van der Waals surface area contributed by atoms with E-state index in [-0.39, 0.29) is 0 Å². The van der Waals surface area contributed by atoms with E-state index in [4.69, 9.17) is 0 Å². The molecule has 3 nitrogen and oxygen atoms in total. The Balaban J connectivity index is 2.20. The number of rotatable bonds is 1. The quantitative estimate of drug-likeness (QED) is 0.667. The van der Waals surface area contributed by atoms with Crippen LogP contribution < -0.4 is 5.01 Å². The zero-order valence-electron chi connectivity index (χ0n) is 8.31. The number of nitrogens with zero attached hydrogens (tertiary/aromatic N) is 2. The third kappa shape index (κ3) is 1.77. The van der Waals surface area contributed by atoms with Crippen molar-refractivity contribution in [2.75, 3.05) is 25.1 Å². The Kier molecular flexibility index (Phi) is 2.50. The summed E-state index contributed by atoms with van der Waals surface area (Å²) in [6.07, 6.45) is 0.667. The summed E-state index contributed by atoms with van der Waals surface area (Å²) in [5, 5.41) is 4.11. The lowest BCUT2D eigenvalue weighted by Crippen LogP contribution is -2.48. The number of ketones is 1. The van der Waals surface area contributed by atoms with Crippen LogP contribution in [0.4, 0.5) is 5.69 Å². The van der Waals surface area contributed by atoms with Crippen molar-refractivity contribution in [3.8, 4) is 0 Å². The second-order valence-electron chi connectivity index (χ2n) is 3.56. The summed E-state index contributed by atoms with van der Waals surface area (Å²) < 4.78 is 0. The van der Waals surface area contributed by atoms with Gasteiger partial charge in [0.05, 0.1) is 12.2 Å². The highest BCUT2D eigenvalue weighted by Gasteiger charge is 2.21. The molecule has 1 heterocycles. The monoisotopic (exact) mass is 190 g/mol. The number of para-hydroxylation sites is 1. The van der Waals surface area contributed by atoms with Crippen molar-refractivity contribution < 1.29 is 4.79 Å². The van der Waals surface area contributed by atoms with E-state index in [1.54, 1.807) is 0 Å². The molecule has 2 rings (SSSR count). The Bertz CT molecular complexity index is 323. The first-order valence-corrected chi connectivity index (χ1v) is 4.83. The Labute approximate surface area is 83.9 Å². The second kappa shape index (κ2) is 3.80. The van der Waals surface area contributed by atoms with Gasteiger partial charge in [-0.1, -0.05) is 18.2 Å². The van der Waals surface area contributed by atoms with Gasteiger partial charge in [0.15, 0.2) is 5.78 Å². The van der Waals surface area contributed by atoms with E-state index < -0.39 is 0 Å². The molecule has 0 saturated carbocycles. The first kappa shape index (κ1) is 9.21. The topological polar surface area (TPSA) is 23.6 Å². The maximum atomic E-state index is 11.3. The second-order valence-corrected chi connectivity index (χ2v) is 3.56. The molecule has 1 aliphatic rings. The lowest BCUT2D eigenvalue weighted by atomic mass is 10.2. The van der Waals surface area contributed by atoms with Crippen LogP contribution in [0.1, 0.15) is 6.42 Å². The van der Waals surface area contributed by atoms with Gasteiger partial charge in [-0.15, -0.1) is 0 Å². The number of hydrogen-bond donors (Lipinski definition) is 0. The number of carbonyl (C=O) groups is 1. The molecule has 14 heavy (non-hydrogen) atoms. The molecule has 0 unspecified atom stereocenters. The minimum Gasteiger partial charge on any atom is -0.299 e. The zero-order valence-corrected chi connectivity index (χ0v) is 8.31. The molecule has 1 aromatic carbocycles. The van der Waals surface area contributed by atoms with Crippen molar-refractivity contribution in [2.24, 2.45) is 0 Å². The van der Waals surface area contributed by atoms with Crippen molar-refractivity contribution in [3.05, 3.63) is 30.3 Å². The number of benzene rings is 1. The zero-order chi connectivity index (χ0) is 9.97. The summed E-state index contributed by atoms with van der Waals surface area (Å²) in [5.41, 5.74) is 1.09. The van der Waals surface area contributed by atoms with Gasteiger partial charge >= 0.3 is 0 Å². The van der Waals surface area contributed by atoms with E-state index in [9.17, 15) is 4.79 Å². The molecule has 0 spiro atoms.